The standard InChI is InChI=1S/C21H29FN2O3/c22-19-13-18(5-6-20(19)27-14-15-7-9-23-10-8-15)16-1-3-17(4-2-16)21(26)24-11-12-25/h1,5-6,13,15,17,23,25H,2-4,7-12,14H2,(H,24,26). The van der Waals surface area contributed by atoms with E-state index in [0.717, 1.165) is 49.9 Å². The summed E-state index contributed by atoms with van der Waals surface area (Å²) in [4.78, 5) is 12.0. The highest BCUT2D eigenvalue weighted by Crippen LogP contribution is 2.32. The van der Waals surface area contributed by atoms with E-state index in [1.165, 1.54) is 6.07 Å². The van der Waals surface area contributed by atoms with E-state index in [4.69, 9.17) is 9.84 Å². The predicted octanol–water partition coefficient (Wildman–Crippen LogP) is 2.50. The number of amides is 1. The first-order chi connectivity index (χ1) is 13.2. The molecule has 0 saturated carbocycles. The molecule has 0 bridgehead atoms. The van der Waals surface area contributed by atoms with Crippen LogP contribution in [0.4, 0.5) is 4.39 Å². The highest BCUT2D eigenvalue weighted by Gasteiger charge is 2.22. The van der Waals surface area contributed by atoms with Crippen LogP contribution in [0.15, 0.2) is 24.3 Å². The van der Waals surface area contributed by atoms with Crippen LogP contribution in [0.1, 0.15) is 37.7 Å². The zero-order valence-electron chi connectivity index (χ0n) is 15.7. The number of hydrogen-bond acceptors (Lipinski definition) is 4. The van der Waals surface area contributed by atoms with E-state index in [9.17, 15) is 9.18 Å². The molecule has 2 aliphatic rings. The number of halogens is 1. The molecular formula is C21H29FN2O3. The quantitative estimate of drug-likeness (QED) is 0.684. The van der Waals surface area contributed by atoms with E-state index in [-0.39, 0.29) is 30.8 Å². The number of carbonyl (C=O) groups is 1. The van der Waals surface area contributed by atoms with Crippen molar-refractivity contribution < 1.29 is 19.0 Å². The third kappa shape index (κ3) is 5.53. The number of hydrogen-bond donors (Lipinski definition) is 3. The third-order valence-electron chi connectivity index (χ3n) is 5.43. The van der Waals surface area contributed by atoms with Crippen molar-refractivity contribution in [2.75, 3.05) is 32.8 Å². The van der Waals surface area contributed by atoms with E-state index in [1.54, 1.807) is 6.07 Å². The van der Waals surface area contributed by atoms with Gasteiger partial charge >= 0.3 is 0 Å². The minimum Gasteiger partial charge on any atom is -0.490 e. The van der Waals surface area contributed by atoms with Gasteiger partial charge in [0.25, 0.3) is 0 Å². The summed E-state index contributed by atoms with van der Waals surface area (Å²) < 4.78 is 20.2. The fourth-order valence-corrected chi connectivity index (χ4v) is 3.73. The lowest BCUT2D eigenvalue weighted by Crippen LogP contribution is -2.33. The van der Waals surface area contributed by atoms with Gasteiger partial charge in [-0.2, -0.15) is 0 Å². The van der Waals surface area contributed by atoms with Gasteiger partial charge in [-0.25, -0.2) is 4.39 Å². The van der Waals surface area contributed by atoms with Crippen LogP contribution in [-0.4, -0.2) is 43.9 Å². The number of rotatable bonds is 7. The molecule has 0 spiro atoms. The molecule has 1 aliphatic heterocycles. The van der Waals surface area contributed by atoms with Crippen LogP contribution in [0.3, 0.4) is 0 Å². The lowest BCUT2D eigenvalue weighted by Gasteiger charge is -2.23. The summed E-state index contributed by atoms with van der Waals surface area (Å²) in [7, 11) is 0. The van der Waals surface area contributed by atoms with Crippen LogP contribution >= 0.6 is 0 Å². The minimum absolute atomic E-state index is 0.0211. The Bertz CT molecular complexity index is 671. The molecule has 27 heavy (non-hydrogen) atoms. The van der Waals surface area contributed by atoms with Crippen LogP contribution in [0.25, 0.3) is 5.57 Å². The summed E-state index contributed by atoms with van der Waals surface area (Å²) in [6.07, 6.45) is 6.28. The van der Waals surface area contributed by atoms with Crippen molar-refractivity contribution in [3.05, 3.63) is 35.7 Å². The minimum atomic E-state index is -0.329. The van der Waals surface area contributed by atoms with Gasteiger partial charge < -0.3 is 20.5 Å². The first-order valence-electron chi connectivity index (χ1n) is 9.88. The largest absolute Gasteiger partial charge is 0.490 e. The van der Waals surface area contributed by atoms with Crippen molar-refractivity contribution >= 4 is 11.5 Å². The van der Waals surface area contributed by atoms with Crippen molar-refractivity contribution in [3.8, 4) is 5.75 Å². The maximum Gasteiger partial charge on any atom is 0.223 e. The molecule has 1 amide bonds. The Morgan fingerprint density at radius 2 is 2.11 bits per heavy atom. The summed E-state index contributed by atoms with van der Waals surface area (Å²) in [5.74, 6) is 0.380. The molecule has 1 aliphatic carbocycles. The number of aliphatic hydroxyl groups excluding tert-OH is 1. The first-order valence-corrected chi connectivity index (χ1v) is 9.88. The normalized spacial score (nSPS) is 20.8. The first kappa shape index (κ1) is 19.8. The number of allylic oxidation sites excluding steroid dienone is 2. The molecule has 148 valence electrons. The second kappa shape index (κ2) is 9.85. The number of ether oxygens (including phenoxy) is 1. The Balaban J connectivity index is 1.55. The predicted molar refractivity (Wildman–Crippen MR) is 103 cm³/mol. The Morgan fingerprint density at radius 1 is 1.30 bits per heavy atom. The number of piperidine rings is 1. The van der Waals surface area contributed by atoms with Gasteiger partial charge in [0.05, 0.1) is 13.2 Å². The molecule has 6 heteroatoms. The lowest BCUT2D eigenvalue weighted by molar-refractivity contribution is -0.125. The monoisotopic (exact) mass is 376 g/mol. The second-order valence-corrected chi connectivity index (χ2v) is 7.36. The van der Waals surface area contributed by atoms with Crippen LogP contribution < -0.4 is 15.4 Å². The van der Waals surface area contributed by atoms with E-state index < -0.39 is 0 Å². The molecule has 3 rings (SSSR count). The van der Waals surface area contributed by atoms with Crippen molar-refractivity contribution in [2.45, 2.75) is 32.1 Å². The zero-order chi connectivity index (χ0) is 19.1. The molecule has 1 atom stereocenters. The Labute approximate surface area is 160 Å². The van der Waals surface area contributed by atoms with Gasteiger partial charge in [-0.15, -0.1) is 0 Å². The van der Waals surface area contributed by atoms with Gasteiger partial charge in [0.1, 0.15) is 0 Å². The molecule has 1 aromatic rings. The van der Waals surface area contributed by atoms with Crippen LogP contribution in [0, 0.1) is 17.7 Å². The second-order valence-electron chi connectivity index (χ2n) is 7.36. The summed E-state index contributed by atoms with van der Waals surface area (Å²) in [5.41, 5.74) is 1.93. The Kier molecular flexibility index (Phi) is 7.24. The molecule has 1 aromatic carbocycles. The maximum atomic E-state index is 14.5. The molecule has 3 N–H and O–H groups in total. The molecule has 1 unspecified atom stereocenters. The Hall–Kier alpha value is -1.92. The summed E-state index contributed by atoms with van der Waals surface area (Å²) in [6.45, 7) is 2.80. The van der Waals surface area contributed by atoms with Crippen LogP contribution in [0.2, 0.25) is 0 Å². The fraction of sp³-hybridized carbons (Fsp3) is 0.571. The van der Waals surface area contributed by atoms with E-state index >= 15 is 0 Å². The van der Waals surface area contributed by atoms with Gasteiger partial charge in [0, 0.05) is 12.5 Å². The SMILES string of the molecule is O=C(NCCO)C1CC=C(c2ccc(OCC3CCNCC3)c(F)c2)CC1. The molecule has 1 saturated heterocycles. The highest BCUT2D eigenvalue weighted by molar-refractivity contribution is 5.80. The average Bonchev–Trinajstić information content (AvgIpc) is 2.72. The van der Waals surface area contributed by atoms with Gasteiger partial charge in [0.15, 0.2) is 11.6 Å². The van der Waals surface area contributed by atoms with Gasteiger partial charge in [0.2, 0.25) is 5.91 Å². The van der Waals surface area contributed by atoms with E-state index in [2.05, 4.69) is 10.6 Å². The van der Waals surface area contributed by atoms with Gasteiger partial charge in [-0.1, -0.05) is 12.1 Å². The van der Waals surface area contributed by atoms with Crippen molar-refractivity contribution in [1.82, 2.24) is 10.6 Å². The molecule has 1 heterocycles. The molecule has 0 radical (unpaired) electrons. The molecule has 5 nitrogen and oxygen atoms in total. The summed E-state index contributed by atoms with van der Waals surface area (Å²) in [6, 6.07) is 5.15. The van der Waals surface area contributed by atoms with Crippen LogP contribution in [0.5, 0.6) is 5.75 Å². The number of aliphatic hydroxyl groups is 1. The number of carbonyl (C=O) groups excluding carboxylic acids is 1. The van der Waals surface area contributed by atoms with Crippen molar-refractivity contribution in [2.24, 2.45) is 11.8 Å². The molecular weight excluding hydrogens is 347 g/mol. The zero-order valence-corrected chi connectivity index (χ0v) is 15.7. The topological polar surface area (TPSA) is 70.6 Å². The molecule has 0 aromatic heterocycles. The maximum absolute atomic E-state index is 14.5. The Morgan fingerprint density at radius 3 is 2.78 bits per heavy atom. The van der Waals surface area contributed by atoms with Gasteiger partial charge in [-0.3, -0.25) is 4.79 Å². The lowest BCUT2D eigenvalue weighted by atomic mass is 9.86. The average molecular weight is 376 g/mol. The van der Waals surface area contributed by atoms with Crippen LogP contribution in [-0.2, 0) is 4.79 Å². The smallest absolute Gasteiger partial charge is 0.223 e. The van der Waals surface area contributed by atoms with Crippen molar-refractivity contribution in [1.29, 1.82) is 0 Å². The number of benzene rings is 1. The third-order valence-corrected chi connectivity index (χ3v) is 5.43. The molecule has 1 fully saturated rings. The fourth-order valence-electron chi connectivity index (χ4n) is 3.73. The highest BCUT2D eigenvalue weighted by atomic mass is 19.1. The van der Waals surface area contributed by atoms with Gasteiger partial charge in [-0.05, 0) is 74.4 Å². The summed E-state index contributed by atoms with van der Waals surface area (Å²) in [5, 5.41) is 14.8. The summed E-state index contributed by atoms with van der Waals surface area (Å²) >= 11 is 0. The van der Waals surface area contributed by atoms with E-state index in [0.29, 0.717) is 24.7 Å². The number of nitrogens with one attached hydrogen (secondary N) is 2. The van der Waals surface area contributed by atoms with Crippen molar-refractivity contribution in [3.63, 3.8) is 0 Å². The van der Waals surface area contributed by atoms with E-state index in [1.807, 2.05) is 12.1 Å².